The van der Waals surface area contributed by atoms with Crippen LogP contribution in [0.1, 0.15) is 26.7 Å². The van der Waals surface area contributed by atoms with E-state index in [1.54, 1.807) is 0 Å². The van der Waals surface area contributed by atoms with Gasteiger partial charge in [-0.2, -0.15) is 0 Å². The van der Waals surface area contributed by atoms with Crippen LogP contribution in [0, 0.1) is 0 Å². The highest BCUT2D eigenvalue weighted by Gasteiger charge is 2.28. The number of hydrogen-bond acceptors (Lipinski definition) is 3. The molecular formula is C14H19NO4. The van der Waals surface area contributed by atoms with Gasteiger partial charge in [-0.25, -0.2) is 4.79 Å². The molecule has 104 valence electrons. The minimum Gasteiger partial charge on any atom is -0.494 e. The predicted molar refractivity (Wildman–Crippen MR) is 71.0 cm³/mol. The lowest BCUT2D eigenvalue weighted by Gasteiger charge is -2.20. The Balaban J connectivity index is 2.23. The highest BCUT2D eigenvalue weighted by atomic mass is 16.5. The molecule has 0 aliphatic heterocycles. The van der Waals surface area contributed by atoms with Gasteiger partial charge in [0, 0.05) is 6.42 Å². The monoisotopic (exact) mass is 265 g/mol. The molecule has 1 rings (SSSR count). The molecule has 0 aliphatic rings. The van der Waals surface area contributed by atoms with Gasteiger partial charge in [0.1, 0.15) is 11.3 Å². The molecule has 1 amide bonds. The smallest absolute Gasteiger partial charge is 0.328 e. The summed E-state index contributed by atoms with van der Waals surface area (Å²) < 4.78 is 5.44. The molecule has 0 aliphatic carbocycles. The maximum Gasteiger partial charge on any atom is 0.328 e. The molecule has 0 saturated heterocycles. The van der Waals surface area contributed by atoms with Crippen LogP contribution in [0.3, 0.4) is 0 Å². The molecule has 5 heteroatoms. The molecule has 0 spiro atoms. The second-order valence-corrected chi connectivity index (χ2v) is 4.74. The van der Waals surface area contributed by atoms with Crippen molar-refractivity contribution in [1.82, 2.24) is 5.32 Å². The van der Waals surface area contributed by atoms with E-state index in [1.807, 2.05) is 30.3 Å². The van der Waals surface area contributed by atoms with E-state index in [9.17, 15) is 9.59 Å². The Kier molecular flexibility index (Phi) is 5.36. The molecule has 2 N–H and O–H groups in total. The van der Waals surface area contributed by atoms with Gasteiger partial charge in [0.15, 0.2) is 0 Å². The lowest BCUT2D eigenvalue weighted by atomic mass is 10.1. The van der Waals surface area contributed by atoms with Crippen molar-refractivity contribution in [3.05, 3.63) is 30.3 Å². The molecule has 0 bridgehead atoms. The number of benzene rings is 1. The Morgan fingerprint density at radius 2 is 1.89 bits per heavy atom. The standard InChI is InChI=1S/C14H19NO4/c1-14(2,13(17)18)15-12(16)9-6-10-19-11-7-4-3-5-8-11/h3-5,7-8H,6,9-10H2,1-2H3,(H,15,16)(H,17,18). The summed E-state index contributed by atoms with van der Waals surface area (Å²) >= 11 is 0. The summed E-state index contributed by atoms with van der Waals surface area (Å²) in [4.78, 5) is 22.4. The number of carboxylic acids is 1. The van der Waals surface area contributed by atoms with Crippen LogP contribution in [0.4, 0.5) is 0 Å². The highest BCUT2D eigenvalue weighted by molar-refractivity contribution is 5.86. The first-order valence-electron chi connectivity index (χ1n) is 6.14. The van der Waals surface area contributed by atoms with Crippen LogP contribution < -0.4 is 10.1 Å². The molecule has 5 nitrogen and oxygen atoms in total. The number of amides is 1. The third-order valence-electron chi connectivity index (χ3n) is 2.55. The minimum absolute atomic E-state index is 0.240. The van der Waals surface area contributed by atoms with Gasteiger partial charge in [-0.05, 0) is 32.4 Å². The van der Waals surface area contributed by atoms with E-state index in [-0.39, 0.29) is 12.3 Å². The van der Waals surface area contributed by atoms with Crippen molar-refractivity contribution >= 4 is 11.9 Å². The third kappa shape index (κ3) is 5.42. The van der Waals surface area contributed by atoms with Crippen molar-refractivity contribution < 1.29 is 19.4 Å². The van der Waals surface area contributed by atoms with Gasteiger partial charge < -0.3 is 15.2 Å². The van der Waals surface area contributed by atoms with Crippen LogP contribution in [-0.2, 0) is 9.59 Å². The molecule has 0 aromatic heterocycles. The summed E-state index contributed by atoms with van der Waals surface area (Å²) in [6.07, 6.45) is 0.778. The Bertz CT molecular complexity index is 428. The first kappa shape index (κ1) is 15.0. The zero-order chi connectivity index (χ0) is 14.3. The molecule has 0 atom stereocenters. The fourth-order valence-corrected chi connectivity index (χ4v) is 1.40. The lowest BCUT2D eigenvalue weighted by Crippen LogP contribution is -2.49. The maximum absolute atomic E-state index is 11.5. The highest BCUT2D eigenvalue weighted by Crippen LogP contribution is 2.09. The van der Waals surface area contributed by atoms with E-state index >= 15 is 0 Å². The number of hydrogen-bond donors (Lipinski definition) is 2. The topological polar surface area (TPSA) is 75.6 Å². The molecule has 0 fully saturated rings. The zero-order valence-corrected chi connectivity index (χ0v) is 11.2. The summed E-state index contributed by atoms with van der Waals surface area (Å²) in [5.41, 5.74) is -1.24. The molecule has 0 saturated carbocycles. The van der Waals surface area contributed by atoms with Crippen molar-refractivity contribution in [3.8, 4) is 5.75 Å². The Labute approximate surface area is 112 Å². The van der Waals surface area contributed by atoms with E-state index in [4.69, 9.17) is 9.84 Å². The third-order valence-corrected chi connectivity index (χ3v) is 2.55. The van der Waals surface area contributed by atoms with Crippen LogP contribution in [0.15, 0.2) is 30.3 Å². The van der Waals surface area contributed by atoms with E-state index < -0.39 is 11.5 Å². The van der Waals surface area contributed by atoms with Crippen molar-refractivity contribution in [3.63, 3.8) is 0 Å². The largest absolute Gasteiger partial charge is 0.494 e. The maximum atomic E-state index is 11.5. The quantitative estimate of drug-likeness (QED) is 0.737. The van der Waals surface area contributed by atoms with Gasteiger partial charge in [0.2, 0.25) is 5.91 Å². The molecule has 0 radical (unpaired) electrons. The van der Waals surface area contributed by atoms with Gasteiger partial charge in [-0.3, -0.25) is 4.79 Å². The van der Waals surface area contributed by atoms with Crippen LogP contribution in [-0.4, -0.2) is 29.1 Å². The second kappa shape index (κ2) is 6.78. The number of nitrogens with one attached hydrogen (secondary N) is 1. The SMILES string of the molecule is CC(C)(NC(=O)CCCOc1ccccc1)C(=O)O. The van der Waals surface area contributed by atoms with Crippen molar-refractivity contribution in [2.75, 3.05) is 6.61 Å². The van der Waals surface area contributed by atoms with Crippen LogP contribution in [0.25, 0.3) is 0 Å². The Morgan fingerprint density at radius 1 is 1.26 bits per heavy atom. The van der Waals surface area contributed by atoms with E-state index in [1.165, 1.54) is 13.8 Å². The lowest BCUT2D eigenvalue weighted by molar-refractivity contribution is -0.146. The number of aliphatic carboxylic acids is 1. The fourth-order valence-electron chi connectivity index (χ4n) is 1.40. The number of para-hydroxylation sites is 1. The number of carbonyl (C=O) groups excluding carboxylic acids is 1. The average molecular weight is 265 g/mol. The molecule has 1 aromatic carbocycles. The summed E-state index contributed by atoms with van der Waals surface area (Å²) in [5, 5.41) is 11.3. The van der Waals surface area contributed by atoms with Crippen LogP contribution >= 0.6 is 0 Å². The molecule has 19 heavy (non-hydrogen) atoms. The van der Waals surface area contributed by atoms with Gasteiger partial charge in [0.05, 0.1) is 6.61 Å². The van der Waals surface area contributed by atoms with E-state index in [0.717, 1.165) is 5.75 Å². The normalized spacial score (nSPS) is 10.8. The Hall–Kier alpha value is -2.04. The fraction of sp³-hybridized carbons (Fsp3) is 0.429. The number of carboxylic acid groups (broad SMARTS) is 1. The van der Waals surface area contributed by atoms with Crippen molar-refractivity contribution in [2.24, 2.45) is 0 Å². The molecule has 0 heterocycles. The first-order chi connectivity index (χ1) is 8.92. The van der Waals surface area contributed by atoms with Crippen molar-refractivity contribution in [1.29, 1.82) is 0 Å². The first-order valence-corrected chi connectivity index (χ1v) is 6.14. The minimum atomic E-state index is -1.24. The molecule has 0 unspecified atom stereocenters. The second-order valence-electron chi connectivity index (χ2n) is 4.74. The van der Waals surface area contributed by atoms with Crippen molar-refractivity contribution in [2.45, 2.75) is 32.2 Å². The molecule has 1 aromatic rings. The predicted octanol–water partition coefficient (Wildman–Crippen LogP) is 1.82. The van der Waals surface area contributed by atoms with Crippen LogP contribution in [0.2, 0.25) is 0 Å². The summed E-state index contributed by atoms with van der Waals surface area (Å²) in [6, 6.07) is 9.32. The molecular weight excluding hydrogens is 246 g/mol. The Morgan fingerprint density at radius 3 is 2.47 bits per heavy atom. The number of rotatable bonds is 7. The zero-order valence-electron chi connectivity index (χ0n) is 11.2. The summed E-state index contributed by atoms with van der Waals surface area (Å²) in [5.74, 6) is -0.584. The summed E-state index contributed by atoms with van der Waals surface area (Å²) in [6.45, 7) is 3.33. The van der Waals surface area contributed by atoms with E-state index in [0.29, 0.717) is 13.0 Å². The summed E-state index contributed by atoms with van der Waals surface area (Å²) in [7, 11) is 0. The van der Waals surface area contributed by atoms with Gasteiger partial charge in [-0.1, -0.05) is 18.2 Å². The van der Waals surface area contributed by atoms with Gasteiger partial charge >= 0.3 is 5.97 Å². The van der Waals surface area contributed by atoms with Crippen LogP contribution in [0.5, 0.6) is 5.75 Å². The number of ether oxygens (including phenoxy) is 1. The van der Waals surface area contributed by atoms with E-state index in [2.05, 4.69) is 5.32 Å². The van der Waals surface area contributed by atoms with Gasteiger partial charge in [0.25, 0.3) is 0 Å². The number of carbonyl (C=O) groups is 2. The van der Waals surface area contributed by atoms with Gasteiger partial charge in [-0.15, -0.1) is 0 Å². The average Bonchev–Trinajstić information content (AvgIpc) is 2.35.